The summed E-state index contributed by atoms with van der Waals surface area (Å²) in [5.41, 5.74) is 0. The summed E-state index contributed by atoms with van der Waals surface area (Å²) in [6.07, 6.45) is 10.7. The third kappa shape index (κ3) is 6.15. The first kappa shape index (κ1) is 17.6. The van der Waals surface area contributed by atoms with E-state index >= 15 is 0 Å². The van der Waals surface area contributed by atoms with Gasteiger partial charge in [0, 0.05) is 19.1 Å². The Morgan fingerprint density at radius 1 is 1.05 bits per heavy atom. The smallest absolute Gasteiger partial charge is 0.191 e. The van der Waals surface area contributed by atoms with Gasteiger partial charge in [-0.1, -0.05) is 26.2 Å². The third-order valence-electron chi connectivity index (χ3n) is 5.04. The predicted molar refractivity (Wildman–Crippen MR) is 95.4 cm³/mol. The summed E-state index contributed by atoms with van der Waals surface area (Å²) in [5.74, 6) is 1.82. The van der Waals surface area contributed by atoms with Crippen LogP contribution in [0.4, 0.5) is 0 Å². The molecule has 2 N–H and O–H groups in total. The van der Waals surface area contributed by atoms with Crippen LogP contribution in [-0.4, -0.2) is 49.6 Å². The fraction of sp³-hybridized carbons (Fsp3) is 0.944. The molecule has 0 bridgehead atoms. The van der Waals surface area contributed by atoms with E-state index in [1.54, 1.807) is 0 Å². The Kier molecular flexibility index (Phi) is 8.06. The van der Waals surface area contributed by atoms with Crippen molar-refractivity contribution in [2.75, 3.05) is 32.7 Å². The molecule has 0 unspecified atom stereocenters. The number of hydrogen-bond donors (Lipinski definition) is 2. The Hall–Kier alpha value is -0.770. The average Bonchev–Trinajstić information content (AvgIpc) is 2.55. The molecule has 1 aliphatic heterocycles. The minimum atomic E-state index is 0.637. The van der Waals surface area contributed by atoms with Crippen LogP contribution in [0.25, 0.3) is 0 Å². The molecule has 4 heteroatoms. The average molecular weight is 309 g/mol. The second-order valence-corrected chi connectivity index (χ2v) is 6.98. The van der Waals surface area contributed by atoms with Crippen molar-refractivity contribution in [1.82, 2.24) is 15.5 Å². The Labute approximate surface area is 137 Å². The molecular formula is C18H36N4. The molecule has 0 aromatic heterocycles. The summed E-state index contributed by atoms with van der Waals surface area (Å²) >= 11 is 0. The van der Waals surface area contributed by atoms with Crippen LogP contribution in [0.15, 0.2) is 4.99 Å². The molecule has 0 radical (unpaired) electrons. The van der Waals surface area contributed by atoms with Gasteiger partial charge in [0.25, 0.3) is 0 Å². The number of rotatable bonds is 6. The standard InChI is InChI=1S/C18H36N4/c1-3-12-22-13-10-16(11-14-22)15-20-18(19-4-2)21-17-8-6-5-7-9-17/h16-17H,3-15H2,1-2H3,(H2,19,20,21). The van der Waals surface area contributed by atoms with Crippen molar-refractivity contribution >= 4 is 5.96 Å². The van der Waals surface area contributed by atoms with Gasteiger partial charge in [-0.15, -0.1) is 0 Å². The maximum Gasteiger partial charge on any atom is 0.191 e. The molecule has 1 aliphatic carbocycles. The lowest BCUT2D eigenvalue weighted by Crippen LogP contribution is -2.44. The minimum Gasteiger partial charge on any atom is -0.357 e. The predicted octanol–water partition coefficient (Wildman–Crippen LogP) is 3.00. The first-order valence-corrected chi connectivity index (χ1v) is 9.59. The largest absolute Gasteiger partial charge is 0.357 e. The van der Waals surface area contributed by atoms with E-state index in [1.807, 2.05) is 0 Å². The van der Waals surface area contributed by atoms with Gasteiger partial charge < -0.3 is 15.5 Å². The molecule has 0 amide bonds. The van der Waals surface area contributed by atoms with Gasteiger partial charge in [-0.25, -0.2) is 0 Å². The molecule has 128 valence electrons. The normalized spacial score (nSPS) is 22.7. The van der Waals surface area contributed by atoms with Gasteiger partial charge in [0.1, 0.15) is 0 Å². The van der Waals surface area contributed by atoms with Crippen LogP contribution in [0, 0.1) is 5.92 Å². The van der Waals surface area contributed by atoms with E-state index in [-0.39, 0.29) is 0 Å². The zero-order valence-electron chi connectivity index (χ0n) is 14.7. The highest BCUT2D eigenvalue weighted by Crippen LogP contribution is 2.19. The van der Waals surface area contributed by atoms with Crippen molar-refractivity contribution in [2.24, 2.45) is 10.9 Å². The zero-order chi connectivity index (χ0) is 15.6. The van der Waals surface area contributed by atoms with Crippen LogP contribution in [0.1, 0.15) is 65.2 Å². The monoisotopic (exact) mass is 308 g/mol. The van der Waals surface area contributed by atoms with E-state index in [9.17, 15) is 0 Å². The number of piperidine rings is 1. The van der Waals surface area contributed by atoms with E-state index in [0.717, 1.165) is 25.0 Å². The first-order chi connectivity index (χ1) is 10.8. The lowest BCUT2D eigenvalue weighted by Gasteiger charge is -2.31. The van der Waals surface area contributed by atoms with E-state index < -0.39 is 0 Å². The van der Waals surface area contributed by atoms with E-state index in [4.69, 9.17) is 4.99 Å². The van der Waals surface area contributed by atoms with Gasteiger partial charge in [0.15, 0.2) is 5.96 Å². The van der Waals surface area contributed by atoms with Crippen LogP contribution in [0.3, 0.4) is 0 Å². The van der Waals surface area contributed by atoms with Gasteiger partial charge in [-0.3, -0.25) is 4.99 Å². The van der Waals surface area contributed by atoms with Crippen LogP contribution in [0.5, 0.6) is 0 Å². The van der Waals surface area contributed by atoms with Crippen LogP contribution < -0.4 is 10.6 Å². The number of likely N-dealkylation sites (tertiary alicyclic amines) is 1. The van der Waals surface area contributed by atoms with Crippen molar-refractivity contribution in [3.63, 3.8) is 0 Å². The molecular weight excluding hydrogens is 272 g/mol. The molecule has 2 rings (SSSR count). The van der Waals surface area contributed by atoms with Gasteiger partial charge >= 0.3 is 0 Å². The van der Waals surface area contributed by atoms with Crippen molar-refractivity contribution < 1.29 is 0 Å². The van der Waals surface area contributed by atoms with Gasteiger partial charge in [-0.2, -0.15) is 0 Å². The summed E-state index contributed by atoms with van der Waals surface area (Å²) in [6.45, 7) is 10.2. The Balaban J connectivity index is 1.74. The summed E-state index contributed by atoms with van der Waals surface area (Å²) in [5, 5.41) is 7.08. The summed E-state index contributed by atoms with van der Waals surface area (Å²) < 4.78 is 0. The Bertz CT molecular complexity index is 315. The quantitative estimate of drug-likeness (QED) is 0.585. The highest BCUT2D eigenvalue weighted by molar-refractivity contribution is 5.80. The highest BCUT2D eigenvalue weighted by atomic mass is 15.2. The van der Waals surface area contributed by atoms with Crippen LogP contribution in [0.2, 0.25) is 0 Å². The minimum absolute atomic E-state index is 0.637. The van der Waals surface area contributed by atoms with E-state index in [2.05, 4.69) is 29.4 Å². The molecule has 0 aromatic rings. The van der Waals surface area contributed by atoms with Crippen LogP contribution >= 0.6 is 0 Å². The van der Waals surface area contributed by atoms with Gasteiger partial charge in [0.05, 0.1) is 0 Å². The fourth-order valence-corrected chi connectivity index (χ4v) is 3.69. The molecule has 2 aliphatic rings. The molecule has 4 nitrogen and oxygen atoms in total. The topological polar surface area (TPSA) is 39.7 Å². The zero-order valence-corrected chi connectivity index (χ0v) is 14.7. The number of guanidine groups is 1. The maximum atomic E-state index is 4.88. The lowest BCUT2D eigenvalue weighted by molar-refractivity contribution is 0.188. The van der Waals surface area contributed by atoms with E-state index in [0.29, 0.717) is 6.04 Å². The third-order valence-corrected chi connectivity index (χ3v) is 5.04. The Morgan fingerprint density at radius 2 is 1.77 bits per heavy atom. The van der Waals surface area contributed by atoms with Gasteiger partial charge in [0.2, 0.25) is 0 Å². The van der Waals surface area contributed by atoms with E-state index in [1.165, 1.54) is 71.0 Å². The lowest BCUT2D eigenvalue weighted by atomic mass is 9.95. The molecule has 0 aromatic carbocycles. The van der Waals surface area contributed by atoms with Crippen molar-refractivity contribution in [3.05, 3.63) is 0 Å². The van der Waals surface area contributed by atoms with Crippen molar-refractivity contribution in [3.8, 4) is 0 Å². The first-order valence-electron chi connectivity index (χ1n) is 9.59. The molecule has 2 fully saturated rings. The molecule has 1 saturated heterocycles. The van der Waals surface area contributed by atoms with Crippen molar-refractivity contribution in [1.29, 1.82) is 0 Å². The number of aliphatic imine (C=N–C) groups is 1. The SMILES string of the molecule is CCCN1CCC(CN=C(NCC)NC2CCCCC2)CC1. The van der Waals surface area contributed by atoms with Crippen molar-refractivity contribution in [2.45, 2.75) is 71.3 Å². The molecule has 1 heterocycles. The van der Waals surface area contributed by atoms with Gasteiger partial charge in [-0.05, 0) is 64.6 Å². The number of nitrogens with zero attached hydrogens (tertiary/aromatic N) is 2. The second-order valence-electron chi connectivity index (χ2n) is 6.98. The molecule has 1 saturated carbocycles. The second kappa shape index (κ2) is 10.1. The summed E-state index contributed by atoms with van der Waals surface area (Å²) in [4.78, 5) is 7.48. The number of nitrogens with one attached hydrogen (secondary N) is 2. The maximum absolute atomic E-state index is 4.88. The molecule has 22 heavy (non-hydrogen) atoms. The molecule has 0 atom stereocenters. The summed E-state index contributed by atoms with van der Waals surface area (Å²) in [6, 6.07) is 0.637. The van der Waals surface area contributed by atoms with Crippen LogP contribution in [-0.2, 0) is 0 Å². The Morgan fingerprint density at radius 3 is 2.41 bits per heavy atom. The number of hydrogen-bond acceptors (Lipinski definition) is 2. The fourth-order valence-electron chi connectivity index (χ4n) is 3.69. The molecule has 0 spiro atoms. The highest BCUT2D eigenvalue weighted by Gasteiger charge is 2.19. The summed E-state index contributed by atoms with van der Waals surface area (Å²) in [7, 11) is 0.